The van der Waals surface area contributed by atoms with E-state index in [1.807, 2.05) is 24.3 Å². The molecule has 0 saturated carbocycles. The summed E-state index contributed by atoms with van der Waals surface area (Å²) in [4.78, 5) is 4.97. The molecular weight excluding hydrogens is 300 g/mol. The maximum atomic E-state index is 9.85. The summed E-state index contributed by atoms with van der Waals surface area (Å²) in [5.74, 6) is 1.34. The molecule has 2 aromatic carbocycles. The normalized spacial score (nSPS) is 16.2. The van der Waals surface area contributed by atoms with Gasteiger partial charge in [0.1, 0.15) is 11.5 Å². The molecular formula is C20H26N2O2. The second kappa shape index (κ2) is 8.18. The molecule has 128 valence electrons. The van der Waals surface area contributed by atoms with Crippen molar-refractivity contribution in [3.8, 4) is 11.5 Å². The maximum Gasteiger partial charge on any atom is 0.119 e. The largest absolute Gasteiger partial charge is 0.508 e. The van der Waals surface area contributed by atoms with Crippen LogP contribution in [0.2, 0.25) is 0 Å². The fourth-order valence-electron chi connectivity index (χ4n) is 3.20. The third-order valence-corrected chi connectivity index (χ3v) is 4.69. The lowest BCUT2D eigenvalue weighted by Crippen LogP contribution is -2.46. The van der Waals surface area contributed by atoms with Gasteiger partial charge in [-0.05, 0) is 35.7 Å². The topological polar surface area (TPSA) is 35.9 Å². The minimum atomic E-state index is 0.411. The van der Waals surface area contributed by atoms with E-state index in [1.165, 1.54) is 5.56 Å². The van der Waals surface area contributed by atoms with Crippen LogP contribution in [0.25, 0.3) is 0 Å². The molecule has 1 saturated heterocycles. The van der Waals surface area contributed by atoms with E-state index >= 15 is 0 Å². The number of phenolic OH excluding ortho intramolecular Hbond substituents is 1. The molecule has 0 atom stereocenters. The van der Waals surface area contributed by atoms with Crippen LogP contribution in [-0.4, -0.2) is 54.7 Å². The molecule has 24 heavy (non-hydrogen) atoms. The number of benzene rings is 2. The monoisotopic (exact) mass is 326 g/mol. The molecule has 4 nitrogen and oxygen atoms in total. The Balaban J connectivity index is 1.44. The summed E-state index contributed by atoms with van der Waals surface area (Å²) >= 11 is 0. The molecule has 1 aliphatic heterocycles. The Morgan fingerprint density at radius 2 is 1.71 bits per heavy atom. The van der Waals surface area contributed by atoms with E-state index in [2.05, 4.69) is 28.0 Å². The lowest BCUT2D eigenvalue weighted by Gasteiger charge is -2.34. The third-order valence-electron chi connectivity index (χ3n) is 4.69. The molecule has 3 rings (SSSR count). The Morgan fingerprint density at radius 3 is 2.46 bits per heavy atom. The first-order valence-electron chi connectivity index (χ1n) is 8.59. The Labute approximate surface area is 144 Å². The highest BCUT2D eigenvalue weighted by Gasteiger charge is 2.17. The zero-order valence-electron chi connectivity index (χ0n) is 14.3. The van der Waals surface area contributed by atoms with E-state index in [4.69, 9.17) is 4.74 Å². The van der Waals surface area contributed by atoms with Gasteiger partial charge < -0.3 is 14.7 Å². The van der Waals surface area contributed by atoms with Gasteiger partial charge in [0.25, 0.3) is 0 Å². The number of phenols is 1. The summed E-state index contributed by atoms with van der Waals surface area (Å²) in [6.07, 6.45) is 0.905. The number of rotatable bonds is 6. The van der Waals surface area contributed by atoms with Gasteiger partial charge in [-0.1, -0.05) is 30.3 Å². The Hall–Kier alpha value is -2.04. The first-order valence-corrected chi connectivity index (χ1v) is 8.59. The highest BCUT2D eigenvalue weighted by molar-refractivity contribution is 5.32. The lowest BCUT2D eigenvalue weighted by atomic mass is 10.1. The van der Waals surface area contributed by atoms with Crippen LogP contribution in [0, 0.1) is 0 Å². The van der Waals surface area contributed by atoms with Crippen LogP contribution in [0.1, 0.15) is 11.1 Å². The summed E-state index contributed by atoms with van der Waals surface area (Å²) in [5.41, 5.74) is 2.34. The first kappa shape index (κ1) is 16.8. The van der Waals surface area contributed by atoms with Crippen LogP contribution in [0.4, 0.5) is 0 Å². The van der Waals surface area contributed by atoms with Gasteiger partial charge in [-0.3, -0.25) is 4.90 Å². The van der Waals surface area contributed by atoms with Crippen LogP contribution in [0.5, 0.6) is 11.5 Å². The summed E-state index contributed by atoms with van der Waals surface area (Å²) in [5, 5.41) is 9.85. The highest BCUT2D eigenvalue weighted by atomic mass is 16.5. The molecule has 0 radical (unpaired) electrons. The van der Waals surface area contributed by atoms with E-state index in [-0.39, 0.29) is 0 Å². The van der Waals surface area contributed by atoms with Crippen LogP contribution in [0.3, 0.4) is 0 Å². The number of methoxy groups -OCH3 is 1. The molecule has 1 N–H and O–H groups in total. The number of hydrogen-bond acceptors (Lipinski definition) is 4. The van der Waals surface area contributed by atoms with Gasteiger partial charge in [-0.15, -0.1) is 0 Å². The number of ether oxygens (including phenoxy) is 1. The molecule has 0 spiro atoms. The van der Waals surface area contributed by atoms with Crippen molar-refractivity contribution in [2.75, 3.05) is 39.8 Å². The molecule has 0 aromatic heterocycles. The molecule has 1 heterocycles. The predicted molar refractivity (Wildman–Crippen MR) is 96.5 cm³/mol. The van der Waals surface area contributed by atoms with Crippen molar-refractivity contribution in [1.82, 2.24) is 9.80 Å². The van der Waals surface area contributed by atoms with Crippen LogP contribution in [-0.2, 0) is 13.0 Å². The fraction of sp³-hybridized carbons (Fsp3) is 0.400. The van der Waals surface area contributed by atoms with Gasteiger partial charge >= 0.3 is 0 Å². The smallest absolute Gasteiger partial charge is 0.119 e. The minimum absolute atomic E-state index is 0.411. The number of piperazine rings is 1. The molecule has 1 fully saturated rings. The number of nitrogens with zero attached hydrogens (tertiary/aromatic N) is 2. The second-order valence-corrected chi connectivity index (χ2v) is 6.35. The van der Waals surface area contributed by atoms with E-state index in [1.54, 1.807) is 13.2 Å². The van der Waals surface area contributed by atoms with Crippen molar-refractivity contribution in [2.24, 2.45) is 0 Å². The minimum Gasteiger partial charge on any atom is -0.508 e. The SMILES string of the molecule is COc1cccc(CN2CCN(CCc3ccccc3O)CC2)c1. The van der Waals surface area contributed by atoms with Gasteiger partial charge in [-0.2, -0.15) is 0 Å². The predicted octanol–water partition coefficient (Wildman–Crippen LogP) is 2.76. The number of hydrogen-bond donors (Lipinski definition) is 1. The maximum absolute atomic E-state index is 9.85. The average molecular weight is 326 g/mol. The summed E-state index contributed by atoms with van der Waals surface area (Å²) in [6, 6.07) is 15.9. The first-order chi connectivity index (χ1) is 11.7. The Kier molecular flexibility index (Phi) is 5.72. The van der Waals surface area contributed by atoms with Crippen molar-refractivity contribution >= 4 is 0 Å². The van der Waals surface area contributed by atoms with Crippen molar-refractivity contribution in [3.63, 3.8) is 0 Å². The molecule has 0 bridgehead atoms. The van der Waals surface area contributed by atoms with Crippen molar-refractivity contribution in [3.05, 3.63) is 59.7 Å². The van der Waals surface area contributed by atoms with Crippen molar-refractivity contribution in [1.29, 1.82) is 0 Å². The van der Waals surface area contributed by atoms with Gasteiger partial charge in [-0.25, -0.2) is 0 Å². The van der Waals surface area contributed by atoms with Crippen LogP contribution < -0.4 is 4.74 Å². The molecule has 0 aliphatic carbocycles. The second-order valence-electron chi connectivity index (χ2n) is 6.35. The van der Waals surface area contributed by atoms with Gasteiger partial charge in [0, 0.05) is 39.3 Å². The summed E-state index contributed by atoms with van der Waals surface area (Å²) in [7, 11) is 1.71. The molecule has 4 heteroatoms. The zero-order valence-corrected chi connectivity index (χ0v) is 14.3. The lowest BCUT2D eigenvalue weighted by molar-refractivity contribution is 0.128. The summed E-state index contributed by atoms with van der Waals surface area (Å²) in [6.45, 7) is 6.31. The van der Waals surface area contributed by atoms with Crippen molar-refractivity contribution in [2.45, 2.75) is 13.0 Å². The van der Waals surface area contributed by atoms with E-state index in [0.29, 0.717) is 5.75 Å². The van der Waals surface area contributed by atoms with Crippen molar-refractivity contribution < 1.29 is 9.84 Å². The highest BCUT2D eigenvalue weighted by Crippen LogP contribution is 2.18. The quantitative estimate of drug-likeness (QED) is 0.885. The molecule has 2 aromatic rings. The Morgan fingerprint density at radius 1 is 0.958 bits per heavy atom. The molecule has 1 aliphatic rings. The van der Waals surface area contributed by atoms with E-state index in [0.717, 1.165) is 57.0 Å². The number of para-hydroxylation sites is 1. The average Bonchev–Trinajstić information content (AvgIpc) is 2.62. The molecule has 0 unspecified atom stereocenters. The fourth-order valence-corrected chi connectivity index (χ4v) is 3.20. The zero-order chi connectivity index (χ0) is 16.8. The van der Waals surface area contributed by atoms with E-state index in [9.17, 15) is 5.11 Å². The van der Waals surface area contributed by atoms with Gasteiger partial charge in [0.15, 0.2) is 0 Å². The van der Waals surface area contributed by atoms with E-state index < -0.39 is 0 Å². The Bertz CT molecular complexity index is 652. The van der Waals surface area contributed by atoms with Gasteiger partial charge in [0.2, 0.25) is 0 Å². The summed E-state index contributed by atoms with van der Waals surface area (Å²) < 4.78 is 5.30. The number of aromatic hydroxyl groups is 1. The van der Waals surface area contributed by atoms with Gasteiger partial charge in [0.05, 0.1) is 7.11 Å². The standard InChI is InChI=1S/C20H26N2O2/c1-24-19-7-4-5-17(15-19)16-22-13-11-21(12-14-22)10-9-18-6-2-3-8-20(18)23/h2-8,15,23H,9-14,16H2,1H3. The molecule has 0 amide bonds. The van der Waals surface area contributed by atoms with Crippen LogP contribution >= 0.6 is 0 Å². The third kappa shape index (κ3) is 4.49. The van der Waals surface area contributed by atoms with Crippen LogP contribution in [0.15, 0.2) is 48.5 Å².